The zero-order chi connectivity index (χ0) is 18.6. The van der Waals surface area contributed by atoms with E-state index in [4.69, 9.17) is 4.74 Å². The molecule has 2 heterocycles. The molecule has 0 spiro atoms. The molecular weight excluding hydrogens is 368 g/mol. The molecular formula is C19H24N2O3S2. The summed E-state index contributed by atoms with van der Waals surface area (Å²) in [6, 6.07) is 9.52. The molecule has 0 radical (unpaired) electrons. The Hall–Kier alpha value is -1.57. The molecule has 1 aliphatic heterocycles. The van der Waals surface area contributed by atoms with Gasteiger partial charge in [0, 0.05) is 25.0 Å². The van der Waals surface area contributed by atoms with Gasteiger partial charge in [0.2, 0.25) is 10.0 Å². The lowest BCUT2D eigenvalue weighted by atomic mass is 10.1. The van der Waals surface area contributed by atoms with Crippen molar-refractivity contribution in [2.45, 2.75) is 36.6 Å². The number of pyridine rings is 1. The van der Waals surface area contributed by atoms with E-state index in [2.05, 4.69) is 4.98 Å². The molecule has 0 N–H and O–H groups in total. The lowest BCUT2D eigenvalue weighted by molar-refractivity contribution is 0.339. The average Bonchev–Trinajstić information content (AvgIpc) is 3.17. The van der Waals surface area contributed by atoms with Crippen LogP contribution in [0.2, 0.25) is 0 Å². The van der Waals surface area contributed by atoms with Crippen LogP contribution in [0.25, 0.3) is 0 Å². The highest BCUT2D eigenvalue weighted by Gasteiger charge is 2.27. The Morgan fingerprint density at radius 1 is 1.12 bits per heavy atom. The Morgan fingerprint density at radius 3 is 2.42 bits per heavy atom. The Kier molecular flexibility index (Phi) is 6.21. The second kappa shape index (κ2) is 8.41. The van der Waals surface area contributed by atoms with Gasteiger partial charge in [-0.1, -0.05) is 18.2 Å². The van der Waals surface area contributed by atoms with E-state index in [9.17, 15) is 8.42 Å². The normalized spacial score (nSPS) is 15.3. The largest absolute Gasteiger partial charge is 0.492 e. The number of hydrogen-bond acceptors (Lipinski definition) is 5. The van der Waals surface area contributed by atoms with E-state index >= 15 is 0 Å². The highest BCUT2D eigenvalue weighted by Crippen LogP contribution is 2.24. The molecule has 7 heteroatoms. The summed E-state index contributed by atoms with van der Waals surface area (Å²) >= 11 is 1.56. The summed E-state index contributed by atoms with van der Waals surface area (Å²) < 4.78 is 32.4. The Labute approximate surface area is 159 Å². The van der Waals surface area contributed by atoms with Gasteiger partial charge in [-0.3, -0.25) is 0 Å². The van der Waals surface area contributed by atoms with Crippen LogP contribution in [0.5, 0.6) is 5.75 Å². The first-order valence-corrected chi connectivity index (χ1v) is 11.2. The molecule has 2 aromatic rings. The molecule has 0 amide bonds. The van der Waals surface area contributed by atoms with E-state index in [1.165, 1.54) is 10.5 Å². The fourth-order valence-electron chi connectivity index (χ4n) is 3.00. The number of aromatic nitrogens is 1. The first kappa shape index (κ1) is 19.2. The van der Waals surface area contributed by atoms with Gasteiger partial charge in [0.15, 0.2) is 0 Å². The van der Waals surface area contributed by atoms with Crippen molar-refractivity contribution in [3.05, 3.63) is 47.7 Å². The van der Waals surface area contributed by atoms with E-state index in [0.29, 0.717) is 19.7 Å². The van der Waals surface area contributed by atoms with Crippen molar-refractivity contribution in [2.24, 2.45) is 0 Å². The van der Waals surface area contributed by atoms with E-state index in [1.807, 2.05) is 32.0 Å². The number of ether oxygens (including phenoxy) is 1. The number of hydrogen-bond donors (Lipinski definition) is 0. The Morgan fingerprint density at radius 2 is 1.81 bits per heavy atom. The van der Waals surface area contributed by atoms with Gasteiger partial charge in [0.25, 0.3) is 0 Å². The number of nitrogens with zero attached hydrogens (tertiary/aromatic N) is 2. The van der Waals surface area contributed by atoms with E-state index in [0.717, 1.165) is 40.5 Å². The van der Waals surface area contributed by atoms with Crippen molar-refractivity contribution < 1.29 is 13.2 Å². The number of aryl methyl sites for hydroxylation is 2. The van der Waals surface area contributed by atoms with Crippen molar-refractivity contribution in [3.8, 4) is 5.75 Å². The molecule has 0 saturated carbocycles. The zero-order valence-corrected chi connectivity index (χ0v) is 16.8. The van der Waals surface area contributed by atoms with Gasteiger partial charge in [-0.25, -0.2) is 13.4 Å². The fraction of sp³-hybridized carbons (Fsp3) is 0.421. The van der Waals surface area contributed by atoms with Gasteiger partial charge >= 0.3 is 0 Å². The van der Waals surface area contributed by atoms with Crippen molar-refractivity contribution in [1.82, 2.24) is 9.29 Å². The van der Waals surface area contributed by atoms with Crippen molar-refractivity contribution in [2.75, 3.05) is 25.4 Å². The third-order valence-electron chi connectivity index (χ3n) is 4.40. The molecule has 1 aromatic carbocycles. The molecule has 0 atom stereocenters. The molecule has 1 aliphatic rings. The van der Waals surface area contributed by atoms with Crippen LogP contribution in [0, 0.1) is 13.8 Å². The van der Waals surface area contributed by atoms with Crippen molar-refractivity contribution in [1.29, 1.82) is 0 Å². The minimum absolute atomic E-state index is 0.274. The molecule has 1 fully saturated rings. The van der Waals surface area contributed by atoms with Crippen LogP contribution in [0.1, 0.15) is 24.0 Å². The number of sulfonamides is 1. The van der Waals surface area contributed by atoms with Crippen LogP contribution >= 0.6 is 11.8 Å². The summed E-state index contributed by atoms with van der Waals surface area (Å²) in [5.74, 6) is 1.69. The van der Waals surface area contributed by atoms with Crippen LogP contribution in [0.4, 0.5) is 0 Å². The lowest BCUT2D eigenvalue weighted by Crippen LogP contribution is -2.27. The summed E-state index contributed by atoms with van der Waals surface area (Å²) in [6.45, 7) is 5.86. The highest BCUT2D eigenvalue weighted by atomic mass is 32.2. The van der Waals surface area contributed by atoms with Gasteiger partial charge in [0.05, 0.1) is 11.6 Å². The first-order valence-electron chi connectivity index (χ1n) is 8.76. The topological polar surface area (TPSA) is 59.5 Å². The maximum Gasteiger partial charge on any atom is 0.244 e. The number of thioether (sulfide) groups is 1. The van der Waals surface area contributed by atoms with Crippen LogP contribution < -0.4 is 4.74 Å². The molecule has 26 heavy (non-hydrogen) atoms. The monoisotopic (exact) mass is 392 g/mol. The Bertz CT molecular complexity index is 825. The van der Waals surface area contributed by atoms with Gasteiger partial charge < -0.3 is 4.74 Å². The highest BCUT2D eigenvalue weighted by molar-refractivity contribution is 7.99. The Balaban J connectivity index is 1.53. The van der Waals surface area contributed by atoms with Gasteiger partial charge in [0.1, 0.15) is 10.6 Å². The summed E-state index contributed by atoms with van der Waals surface area (Å²) in [6.07, 6.45) is 3.32. The SMILES string of the molecule is Cc1cccc(C)c1OCCSc1ccc(S(=O)(=O)N2CCCC2)cn1. The smallest absolute Gasteiger partial charge is 0.244 e. The maximum absolute atomic E-state index is 12.5. The van der Waals surface area contributed by atoms with E-state index in [1.54, 1.807) is 23.9 Å². The average molecular weight is 393 g/mol. The van der Waals surface area contributed by atoms with Gasteiger partial charge in [-0.15, -0.1) is 11.8 Å². The molecule has 1 aromatic heterocycles. The predicted molar refractivity (Wildman–Crippen MR) is 104 cm³/mol. The first-order chi connectivity index (χ1) is 12.5. The van der Waals surface area contributed by atoms with Crippen molar-refractivity contribution >= 4 is 21.8 Å². The quantitative estimate of drug-likeness (QED) is 0.532. The molecule has 0 unspecified atom stereocenters. The van der Waals surface area contributed by atoms with Gasteiger partial charge in [-0.05, 0) is 49.9 Å². The second-order valence-corrected chi connectivity index (χ2v) is 9.41. The summed E-state index contributed by atoms with van der Waals surface area (Å²) in [5, 5.41) is 0.801. The van der Waals surface area contributed by atoms with Crippen LogP contribution in [0.15, 0.2) is 46.5 Å². The molecule has 5 nitrogen and oxygen atoms in total. The molecule has 0 aliphatic carbocycles. The van der Waals surface area contributed by atoms with E-state index < -0.39 is 10.0 Å². The zero-order valence-electron chi connectivity index (χ0n) is 15.1. The summed E-state index contributed by atoms with van der Waals surface area (Å²) in [4.78, 5) is 4.57. The van der Waals surface area contributed by atoms with Crippen molar-refractivity contribution in [3.63, 3.8) is 0 Å². The third kappa shape index (κ3) is 4.39. The third-order valence-corrected chi connectivity index (χ3v) is 7.19. The number of benzene rings is 1. The molecule has 1 saturated heterocycles. The molecule has 0 bridgehead atoms. The minimum atomic E-state index is -3.39. The summed E-state index contributed by atoms with van der Waals surface area (Å²) in [5.41, 5.74) is 2.26. The van der Waals surface area contributed by atoms with Crippen LogP contribution in [-0.2, 0) is 10.0 Å². The number of para-hydroxylation sites is 1. The lowest BCUT2D eigenvalue weighted by Gasteiger charge is -2.15. The molecule has 3 rings (SSSR count). The van der Waals surface area contributed by atoms with Crippen LogP contribution in [0.3, 0.4) is 0 Å². The predicted octanol–water partition coefficient (Wildman–Crippen LogP) is 3.65. The second-order valence-electron chi connectivity index (χ2n) is 6.36. The fourth-order valence-corrected chi connectivity index (χ4v) is 5.13. The molecule has 140 valence electrons. The minimum Gasteiger partial charge on any atom is -0.492 e. The summed E-state index contributed by atoms with van der Waals surface area (Å²) in [7, 11) is -3.39. The maximum atomic E-state index is 12.5. The van der Waals surface area contributed by atoms with Gasteiger partial charge in [-0.2, -0.15) is 4.31 Å². The number of rotatable bonds is 7. The standard InChI is InChI=1S/C19H24N2O3S2/c1-15-6-5-7-16(2)19(15)24-12-13-25-18-9-8-17(14-20-18)26(22,23)21-10-3-4-11-21/h5-9,14H,3-4,10-13H2,1-2H3. The van der Waals surface area contributed by atoms with E-state index in [-0.39, 0.29) is 4.90 Å². The van der Waals surface area contributed by atoms with Crippen LogP contribution in [-0.4, -0.2) is 43.2 Å².